The molecule has 0 radical (unpaired) electrons. The van der Waals surface area contributed by atoms with E-state index in [9.17, 15) is 13.2 Å². The molecule has 2 aromatic rings. The van der Waals surface area contributed by atoms with Crippen molar-refractivity contribution in [1.29, 1.82) is 5.26 Å². The van der Waals surface area contributed by atoms with E-state index in [2.05, 4.69) is 10.3 Å². The standard InChI is InChI=1S/C18H16F3N3O2/c19-18(20,21)14-1-2-16(13(8-14)9-22)24-10-12-3-5-23-17(7-12)26-15-4-6-25-11-15/h1-3,5,7-8,15,24H,4,6,10-11H2. The monoisotopic (exact) mass is 363 g/mol. The van der Waals surface area contributed by atoms with Gasteiger partial charge in [0.05, 0.1) is 30.0 Å². The van der Waals surface area contributed by atoms with Crippen LogP contribution in [0.5, 0.6) is 5.88 Å². The smallest absolute Gasteiger partial charge is 0.416 e. The maximum absolute atomic E-state index is 12.7. The van der Waals surface area contributed by atoms with Gasteiger partial charge < -0.3 is 14.8 Å². The van der Waals surface area contributed by atoms with E-state index in [4.69, 9.17) is 14.7 Å². The van der Waals surface area contributed by atoms with E-state index in [-0.39, 0.29) is 11.7 Å². The zero-order valence-corrected chi connectivity index (χ0v) is 13.7. The van der Waals surface area contributed by atoms with E-state index in [0.717, 1.165) is 24.1 Å². The Morgan fingerprint density at radius 2 is 2.15 bits per heavy atom. The Balaban J connectivity index is 1.68. The van der Waals surface area contributed by atoms with Crippen molar-refractivity contribution in [3.8, 4) is 11.9 Å². The van der Waals surface area contributed by atoms with Crippen molar-refractivity contribution in [3.05, 3.63) is 53.2 Å². The van der Waals surface area contributed by atoms with Crippen LogP contribution >= 0.6 is 0 Å². The average molecular weight is 363 g/mol. The second-order valence-corrected chi connectivity index (χ2v) is 5.83. The molecule has 1 unspecified atom stereocenters. The molecule has 0 aliphatic carbocycles. The summed E-state index contributed by atoms with van der Waals surface area (Å²) >= 11 is 0. The summed E-state index contributed by atoms with van der Waals surface area (Å²) < 4.78 is 49.2. The van der Waals surface area contributed by atoms with Crippen molar-refractivity contribution in [1.82, 2.24) is 4.98 Å². The molecule has 1 atom stereocenters. The molecule has 1 aliphatic heterocycles. The number of anilines is 1. The minimum absolute atomic E-state index is 0.0224. The molecular weight excluding hydrogens is 347 g/mol. The fraction of sp³-hybridized carbons (Fsp3) is 0.333. The first kappa shape index (κ1) is 18.0. The van der Waals surface area contributed by atoms with Gasteiger partial charge in [0.15, 0.2) is 0 Å². The van der Waals surface area contributed by atoms with Crippen LogP contribution in [0.3, 0.4) is 0 Å². The summed E-state index contributed by atoms with van der Waals surface area (Å²) in [4.78, 5) is 4.15. The van der Waals surface area contributed by atoms with Crippen LogP contribution in [0.25, 0.3) is 0 Å². The van der Waals surface area contributed by atoms with Gasteiger partial charge in [-0.05, 0) is 29.8 Å². The van der Waals surface area contributed by atoms with Crippen LogP contribution < -0.4 is 10.1 Å². The number of nitrogens with one attached hydrogen (secondary N) is 1. The topological polar surface area (TPSA) is 67.2 Å². The highest BCUT2D eigenvalue weighted by Gasteiger charge is 2.31. The fourth-order valence-corrected chi connectivity index (χ4v) is 2.57. The SMILES string of the molecule is N#Cc1cc(C(F)(F)F)ccc1NCc1ccnc(OC2CCOC2)c1. The maximum atomic E-state index is 12.7. The number of alkyl halides is 3. The van der Waals surface area contributed by atoms with Crippen molar-refractivity contribution in [2.75, 3.05) is 18.5 Å². The summed E-state index contributed by atoms with van der Waals surface area (Å²) in [6.07, 6.45) is -2.10. The number of ether oxygens (including phenoxy) is 2. The first-order valence-corrected chi connectivity index (χ1v) is 8.00. The Morgan fingerprint density at radius 1 is 1.31 bits per heavy atom. The maximum Gasteiger partial charge on any atom is 0.416 e. The van der Waals surface area contributed by atoms with Crippen LogP contribution in [0, 0.1) is 11.3 Å². The number of halogens is 3. The van der Waals surface area contributed by atoms with Gasteiger partial charge in [0.2, 0.25) is 5.88 Å². The van der Waals surface area contributed by atoms with Crippen molar-refractivity contribution in [3.63, 3.8) is 0 Å². The Morgan fingerprint density at radius 3 is 2.85 bits per heavy atom. The summed E-state index contributed by atoms with van der Waals surface area (Å²) in [5, 5.41) is 12.1. The normalized spacial score (nSPS) is 16.9. The summed E-state index contributed by atoms with van der Waals surface area (Å²) in [6, 6.07) is 8.35. The second-order valence-electron chi connectivity index (χ2n) is 5.83. The number of nitriles is 1. The Labute approximate surface area is 148 Å². The van der Waals surface area contributed by atoms with Gasteiger partial charge in [-0.3, -0.25) is 0 Å². The van der Waals surface area contributed by atoms with Crippen LogP contribution in [0.1, 0.15) is 23.1 Å². The van der Waals surface area contributed by atoms with E-state index in [0.29, 0.717) is 31.3 Å². The zero-order chi connectivity index (χ0) is 18.6. The molecule has 26 heavy (non-hydrogen) atoms. The molecule has 0 saturated carbocycles. The highest BCUT2D eigenvalue weighted by atomic mass is 19.4. The number of aromatic nitrogens is 1. The van der Waals surface area contributed by atoms with E-state index < -0.39 is 11.7 Å². The van der Waals surface area contributed by atoms with Gasteiger partial charge in [-0.1, -0.05) is 0 Å². The molecule has 1 saturated heterocycles. The summed E-state index contributed by atoms with van der Waals surface area (Å²) in [5.74, 6) is 0.465. The van der Waals surface area contributed by atoms with Gasteiger partial charge in [0, 0.05) is 25.2 Å². The highest BCUT2D eigenvalue weighted by Crippen LogP contribution is 2.31. The largest absolute Gasteiger partial charge is 0.472 e. The summed E-state index contributed by atoms with van der Waals surface area (Å²) in [7, 11) is 0. The highest BCUT2D eigenvalue weighted by molar-refractivity contribution is 5.59. The number of hydrogen-bond donors (Lipinski definition) is 1. The van der Waals surface area contributed by atoms with Crippen molar-refractivity contribution < 1.29 is 22.6 Å². The first-order valence-electron chi connectivity index (χ1n) is 8.00. The fourth-order valence-electron chi connectivity index (χ4n) is 2.57. The molecule has 8 heteroatoms. The van der Waals surface area contributed by atoms with Crippen molar-refractivity contribution >= 4 is 5.69 Å². The average Bonchev–Trinajstić information content (AvgIpc) is 3.12. The molecule has 1 aromatic heterocycles. The number of nitrogens with zero attached hydrogens (tertiary/aromatic N) is 2. The van der Waals surface area contributed by atoms with E-state index in [1.807, 2.05) is 0 Å². The minimum atomic E-state index is -4.48. The van der Waals surface area contributed by atoms with Gasteiger partial charge in [-0.2, -0.15) is 18.4 Å². The van der Waals surface area contributed by atoms with Gasteiger partial charge in [-0.15, -0.1) is 0 Å². The Bertz CT molecular complexity index is 812. The summed E-state index contributed by atoms with van der Waals surface area (Å²) in [6.45, 7) is 1.51. The van der Waals surface area contributed by atoms with Crippen LogP contribution in [0.15, 0.2) is 36.5 Å². The molecule has 3 rings (SSSR count). The molecule has 136 valence electrons. The number of benzene rings is 1. The molecule has 0 amide bonds. The molecular formula is C18H16F3N3O2. The lowest BCUT2D eigenvalue weighted by molar-refractivity contribution is -0.137. The zero-order valence-electron chi connectivity index (χ0n) is 13.7. The first-order chi connectivity index (χ1) is 12.5. The molecule has 1 fully saturated rings. The lowest BCUT2D eigenvalue weighted by Gasteiger charge is -2.13. The molecule has 1 N–H and O–H groups in total. The third kappa shape index (κ3) is 4.43. The number of pyridine rings is 1. The van der Waals surface area contributed by atoms with Crippen molar-refractivity contribution in [2.24, 2.45) is 0 Å². The predicted octanol–water partition coefficient (Wildman–Crippen LogP) is 3.75. The van der Waals surface area contributed by atoms with Crippen LogP contribution in [0.2, 0.25) is 0 Å². The predicted molar refractivity (Wildman–Crippen MR) is 87.6 cm³/mol. The van der Waals surface area contributed by atoms with E-state index >= 15 is 0 Å². The van der Waals surface area contributed by atoms with Gasteiger partial charge in [0.25, 0.3) is 0 Å². The number of rotatable bonds is 5. The summed E-state index contributed by atoms with van der Waals surface area (Å²) in [5.41, 5.74) is 0.258. The van der Waals surface area contributed by atoms with Crippen LogP contribution in [0.4, 0.5) is 18.9 Å². The second kappa shape index (κ2) is 7.62. The lowest BCUT2D eigenvalue weighted by atomic mass is 10.1. The molecule has 1 aliphatic rings. The van der Waals surface area contributed by atoms with Gasteiger partial charge in [0.1, 0.15) is 12.2 Å². The van der Waals surface area contributed by atoms with E-state index in [1.54, 1.807) is 24.4 Å². The van der Waals surface area contributed by atoms with Gasteiger partial charge >= 0.3 is 6.18 Å². The Hall–Kier alpha value is -2.79. The van der Waals surface area contributed by atoms with E-state index in [1.165, 1.54) is 6.07 Å². The molecule has 0 spiro atoms. The molecule has 2 heterocycles. The minimum Gasteiger partial charge on any atom is -0.472 e. The van der Waals surface area contributed by atoms with Crippen molar-refractivity contribution in [2.45, 2.75) is 25.2 Å². The molecule has 0 bridgehead atoms. The third-order valence-electron chi connectivity index (χ3n) is 3.92. The lowest BCUT2D eigenvalue weighted by Crippen LogP contribution is -2.16. The van der Waals surface area contributed by atoms with Crippen LogP contribution in [-0.4, -0.2) is 24.3 Å². The van der Waals surface area contributed by atoms with Crippen LogP contribution in [-0.2, 0) is 17.5 Å². The number of hydrogen-bond acceptors (Lipinski definition) is 5. The third-order valence-corrected chi connectivity index (χ3v) is 3.92. The molecule has 5 nitrogen and oxygen atoms in total. The molecule has 1 aromatic carbocycles. The quantitative estimate of drug-likeness (QED) is 0.876. The Kier molecular flexibility index (Phi) is 5.28. The van der Waals surface area contributed by atoms with Gasteiger partial charge in [-0.25, -0.2) is 4.98 Å².